The SMILES string of the molecule is Cc1ccc(C(=O)N2CCCC(c3ncc[nH]3)C2)cc1NC(=O)C1CCOCC1. The van der Waals surface area contributed by atoms with Gasteiger partial charge in [0.2, 0.25) is 5.91 Å². The number of aromatic amines is 1. The molecular formula is C22H28N4O3. The lowest BCUT2D eigenvalue weighted by atomic mass is 9.96. The van der Waals surface area contributed by atoms with Crippen LogP contribution in [0.1, 0.15) is 53.3 Å². The molecule has 29 heavy (non-hydrogen) atoms. The molecule has 4 rings (SSSR count). The largest absolute Gasteiger partial charge is 0.381 e. The Balaban J connectivity index is 1.46. The van der Waals surface area contributed by atoms with Gasteiger partial charge in [0, 0.05) is 61.8 Å². The molecule has 7 nitrogen and oxygen atoms in total. The Labute approximate surface area is 170 Å². The lowest BCUT2D eigenvalue weighted by molar-refractivity contribution is -0.122. The Morgan fingerprint density at radius 2 is 2.07 bits per heavy atom. The number of nitrogens with one attached hydrogen (secondary N) is 2. The predicted octanol–water partition coefficient (Wildman–Crippen LogP) is 3.10. The first-order valence-electron chi connectivity index (χ1n) is 10.4. The summed E-state index contributed by atoms with van der Waals surface area (Å²) in [7, 11) is 0. The van der Waals surface area contributed by atoms with Crippen molar-refractivity contribution in [2.24, 2.45) is 5.92 Å². The van der Waals surface area contributed by atoms with Crippen LogP contribution in [-0.2, 0) is 9.53 Å². The molecule has 2 aromatic rings. The van der Waals surface area contributed by atoms with E-state index in [9.17, 15) is 9.59 Å². The molecule has 1 aromatic carbocycles. The summed E-state index contributed by atoms with van der Waals surface area (Å²) in [4.78, 5) is 35.2. The number of piperidine rings is 1. The van der Waals surface area contributed by atoms with E-state index in [1.54, 1.807) is 6.20 Å². The van der Waals surface area contributed by atoms with E-state index in [1.807, 2.05) is 36.2 Å². The van der Waals surface area contributed by atoms with Crippen LogP contribution in [0.2, 0.25) is 0 Å². The van der Waals surface area contributed by atoms with Crippen molar-refractivity contribution >= 4 is 17.5 Å². The van der Waals surface area contributed by atoms with Gasteiger partial charge in [0.05, 0.1) is 0 Å². The number of anilines is 1. The van der Waals surface area contributed by atoms with Crippen molar-refractivity contribution in [2.75, 3.05) is 31.6 Å². The number of carbonyl (C=O) groups excluding carboxylic acids is 2. The molecule has 1 unspecified atom stereocenters. The predicted molar refractivity (Wildman–Crippen MR) is 110 cm³/mol. The van der Waals surface area contributed by atoms with E-state index in [4.69, 9.17) is 4.74 Å². The molecule has 1 aromatic heterocycles. The van der Waals surface area contributed by atoms with Gasteiger partial charge in [-0.2, -0.15) is 0 Å². The van der Waals surface area contributed by atoms with Crippen molar-refractivity contribution in [1.29, 1.82) is 0 Å². The summed E-state index contributed by atoms with van der Waals surface area (Å²) in [5.41, 5.74) is 2.28. The molecule has 0 bridgehead atoms. The minimum atomic E-state index is -0.0290. The summed E-state index contributed by atoms with van der Waals surface area (Å²) < 4.78 is 5.34. The number of carbonyl (C=O) groups is 2. The quantitative estimate of drug-likeness (QED) is 0.831. The first-order chi connectivity index (χ1) is 14.1. The zero-order chi connectivity index (χ0) is 20.2. The van der Waals surface area contributed by atoms with Crippen molar-refractivity contribution in [3.63, 3.8) is 0 Å². The summed E-state index contributed by atoms with van der Waals surface area (Å²) in [6.07, 6.45) is 7.04. The van der Waals surface area contributed by atoms with Crippen LogP contribution in [0, 0.1) is 12.8 Å². The molecule has 154 valence electrons. The number of likely N-dealkylation sites (tertiary alicyclic amines) is 1. The fraction of sp³-hybridized carbons (Fsp3) is 0.500. The van der Waals surface area contributed by atoms with E-state index >= 15 is 0 Å². The third-order valence-corrected chi connectivity index (χ3v) is 5.95. The molecule has 0 radical (unpaired) electrons. The number of aromatic nitrogens is 2. The number of rotatable bonds is 4. The van der Waals surface area contributed by atoms with Crippen LogP contribution in [0.5, 0.6) is 0 Å². The third-order valence-electron chi connectivity index (χ3n) is 5.95. The zero-order valence-corrected chi connectivity index (χ0v) is 16.8. The number of hydrogen-bond acceptors (Lipinski definition) is 4. The molecule has 2 N–H and O–H groups in total. The number of aryl methyl sites for hydroxylation is 1. The molecule has 2 saturated heterocycles. The number of benzene rings is 1. The smallest absolute Gasteiger partial charge is 0.253 e. The fourth-order valence-electron chi connectivity index (χ4n) is 4.15. The maximum absolute atomic E-state index is 13.1. The third kappa shape index (κ3) is 4.50. The minimum Gasteiger partial charge on any atom is -0.381 e. The highest BCUT2D eigenvalue weighted by atomic mass is 16.5. The zero-order valence-electron chi connectivity index (χ0n) is 16.8. The van der Waals surface area contributed by atoms with Crippen LogP contribution in [-0.4, -0.2) is 53.0 Å². The summed E-state index contributed by atoms with van der Waals surface area (Å²) in [5.74, 6) is 1.16. The van der Waals surface area contributed by atoms with E-state index < -0.39 is 0 Å². The van der Waals surface area contributed by atoms with Crippen molar-refractivity contribution in [2.45, 2.75) is 38.5 Å². The second kappa shape index (κ2) is 8.78. The first kappa shape index (κ1) is 19.6. The monoisotopic (exact) mass is 396 g/mol. The molecule has 3 heterocycles. The lowest BCUT2D eigenvalue weighted by Gasteiger charge is -2.32. The number of imidazole rings is 1. The van der Waals surface area contributed by atoms with E-state index in [0.29, 0.717) is 31.0 Å². The molecule has 2 aliphatic heterocycles. The molecule has 0 aliphatic carbocycles. The highest BCUT2D eigenvalue weighted by Gasteiger charge is 2.27. The van der Waals surface area contributed by atoms with Crippen LogP contribution < -0.4 is 5.32 Å². The molecule has 2 amide bonds. The van der Waals surface area contributed by atoms with Crippen molar-refractivity contribution in [1.82, 2.24) is 14.9 Å². The minimum absolute atomic E-state index is 0.00261. The molecule has 2 fully saturated rings. The Morgan fingerprint density at radius 1 is 1.24 bits per heavy atom. The number of ether oxygens (including phenoxy) is 1. The number of nitrogens with zero attached hydrogens (tertiary/aromatic N) is 2. The van der Waals surface area contributed by atoms with Gasteiger partial charge in [0.25, 0.3) is 5.91 Å². The lowest BCUT2D eigenvalue weighted by Crippen LogP contribution is -2.39. The maximum atomic E-state index is 13.1. The molecule has 7 heteroatoms. The average Bonchev–Trinajstić information content (AvgIpc) is 3.30. The van der Waals surface area contributed by atoms with Gasteiger partial charge in [-0.05, 0) is 50.3 Å². The Morgan fingerprint density at radius 3 is 2.83 bits per heavy atom. The van der Waals surface area contributed by atoms with Gasteiger partial charge in [-0.15, -0.1) is 0 Å². The van der Waals surface area contributed by atoms with Gasteiger partial charge in [0.1, 0.15) is 5.82 Å². The fourth-order valence-corrected chi connectivity index (χ4v) is 4.15. The van der Waals surface area contributed by atoms with E-state index in [2.05, 4.69) is 15.3 Å². The van der Waals surface area contributed by atoms with E-state index in [-0.39, 0.29) is 23.7 Å². The number of amides is 2. The van der Waals surface area contributed by atoms with Gasteiger partial charge in [-0.3, -0.25) is 9.59 Å². The highest BCUT2D eigenvalue weighted by Crippen LogP contribution is 2.27. The highest BCUT2D eigenvalue weighted by molar-refractivity contribution is 5.98. The molecule has 2 aliphatic rings. The second-order valence-corrected chi connectivity index (χ2v) is 7.97. The Hall–Kier alpha value is -2.67. The molecule has 0 spiro atoms. The normalized spacial score (nSPS) is 20.4. The van der Waals surface area contributed by atoms with Crippen LogP contribution in [0.3, 0.4) is 0 Å². The summed E-state index contributed by atoms with van der Waals surface area (Å²) >= 11 is 0. The standard InChI is InChI=1S/C22H28N4O3/c1-15-4-5-17(13-19(15)25-21(27)16-6-11-29-12-7-16)22(28)26-10-2-3-18(14-26)20-23-8-9-24-20/h4-5,8-9,13,16,18H,2-3,6-7,10-12,14H2,1H3,(H,23,24)(H,25,27). The van der Waals surface area contributed by atoms with Crippen molar-refractivity contribution in [3.05, 3.63) is 47.5 Å². The van der Waals surface area contributed by atoms with Crippen LogP contribution >= 0.6 is 0 Å². The molecular weight excluding hydrogens is 368 g/mol. The van der Waals surface area contributed by atoms with Gasteiger partial charge >= 0.3 is 0 Å². The van der Waals surface area contributed by atoms with E-state index in [0.717, 1.165) is 43.6 Å². The number of hydrogen-bond donors (Lipinski definition) is 2. The Kier molecular flexibility index (Phi) is 5.94. The first-order valence-corrected chi connectivity index (χ1v) is 10.4. The average molecular weight is 396 g/mol. The summed E-state index contributed by atoms with van der Waals surface area (Å²) in [5, 5.41) is 3.03. The maximum Gasteiger partial charge on any atom is 0.253 e. The second-order valence-electron chi connectivity index (χ2n) is 7.97. The summed E-state index contributed by atoms with van der Waals surface area (Å²) in [6.45, 7) is 4.60. The molecule has 1 atom stereocenters. The van der Waals surface area contributed by atoms with Gasteiger partial charge < -0.3 is 19.9 Å². The Bertz CT molecular complexity index is 859. The van der Waals surface area contributed by atoms with Gasteiger partial charge in [0.15, 0.2) is 0 Å². The topological polar surface area (TPSA) is 87.3 Å². The van der Waals surface area contributed by atoms with Crippen LogP contribution in [0.4, 0.5) is 5.69 Å². The van der Waals surface area contributed by atoms with Gasteiger partial charge in [-0.1, -0.05) is 6.07 Å². The summed E-state index contributed by atoms with van der Waals surface area (Å²) in [6, 6.07) is 5.56. The van der Waals surface area contributed by atoms with Crippen molar-refractivity contribution < 1.29 is 14.3 Å². The van der Waals surface area contributed by atoms with Crippen molar-refractivity contribution in [3.8, 4) is 0 Å². The van der Waals surface area contributed by atoms with Gasteiger partial charge in [-0.25, -0.2) is 4.98 Å². The van der Waals surface area contributed by atoms with Crippen LogP contribution in [0.25, 0.3) is 0 Å². The molecule has 0 saturated carbocycles. The van der Waals surface area contributed by atoms with Crippen LogP contribution in [0.15, 0.2) is 30.6 Å². The number of H-pyrrole nitrogens is 1. The van der Waals surface area contributed by atoms with E-state index in [1.165, 1.54) is 0 Å².